The van der Waals surface area contributed by atoms with Crippen molar-refractivity contribution in [3.05, 3.63) is 53.0 Å². The molecule has 1 aromatic heterocycles. The Labute approximate surface area is 132 Å². The van der Waals surface area contributed by atoms with Crippen molar-refractivity contribution >= 4 is 5.82 Å². The van der Waals surface area contributed by atoms with Crippen LogP contribution >= 0.6 is 0 Å². The zero-order valence-electron chi connectivity index (χ0n) is 13.3. The van der Waals surface area contributed by atoms with Crippen LogP contribution in [-0.2, 0) is 24.2 Å². The van der Waals surface area contributed by atoms with E-state index in [4.69, 9.17) is 4.74 Å². The molecule has 1 aliphatic carbocycles. The van der Waals surface area contributed by atoms with E-state index in [0.29, 0.717) is 6.61 Å². The summed E-state index contributed by atoms with van der Waals surface area (Å²) < 4.78 is 5.11. The fourth-order valence-electron chi connectivity index (χ4n) is 3.17. The van der Waals surface area contributed by atoms with E-state index in [2.05, 4.69) is 39.6 Å². The molecule has 1 N–H and O–H groups in total. The van der Waals surface area contributed by atoms with Gasteiger partial charge in [0.15, 0.2) is 5.82 Å². The van der Waals surface area contributed by atoms with Gasteiger partial charge in [-0.1, -0.05) is 24.3 Å². The Bertz CT molecular complexity index is 617. The topological polar surface area (TPSA) is 47.0 Å². The lowest BCUT2D eigenvalue weighted by molar-refractivity contribution is 0.177. The van der Waals surface area contributed by atoms with Crippen LogP contribution in [0.3, 0.4) is 0 Å². The molecule has 0 spiro atoms. The van der Waals surface area contributed by atoms with E-state index in [9.17, 15) is 0 Å². The molecule has 2 aromatic rings. The molecule has 0 radical (unpaired) electrons. The van der Waals surface area contributed by atoms with Crippen LogP contribution in [0.4, 0.5) is 5.82 Å². The summed E-state index contributed by atoms with van der Waals surface area (Å²) in [6.45, 7) is 3.38. The molecule has 0 amide bonds. The molecule has 22 heavy (non-hydrogen) atoms. The number of nitrogens with zero attached hydrogens (tertiary/aromatic N) is 2. The monoisotopic (exact) mass is 297 g/mol. The standard InChI is InChI=1S/C18H23N3O/c1-13-9-17(21-18(20-13)12-22-2)19-8-7-14-10-15-5-3-4-6-16(15)11-14/h3-6,9,14H,7-8,10-12H2,1-2H3,(H,19,20,21). The molecule has 0 saturated heterocycles. The van der Waals surface area contributed by atoms with Gasteiger partial charge in [0.2, 0.25) is 0 Å². The smallest absolute Gasteiger partial charge is 0.156 e. The Hall–Kier alpha value is -1.94. The van der Waals surface area contributed by atoms with E-state index < -0.39 is 0 Å². The Kier molecular flexibility index (Phi) is 4.68. The van der Waals surface area contributed by atoms with Gasteiger partial charge in [0, 0.05) is 25.4 Å². The molecular weight excluding hydrogens is 274 g/mol. The van der Waals surface area contributed by atoms with Crippen LogP contribution in [0.1, 0.15) is 29.1 Å². The van der Waals surface area contributed by atoms with Crippen molar-refractivity contribution in [2.45, 2.75) is 32.8 Å². The van der Waals surface area contributed by atoms with Gasteiger partial charge in [-0.2, -0.15) is 0 Å². The van der Waals surface area contributed by atoms with Crippen LogP contribution < -0.4 is 5.32 Å². The van der Waals surface area contributed by atoms with Gasteiger partial charge in [-0.15, -0.1) is 0 Å². The van der Waals surface area contributed by atoms with E-state index in [1.807, 2.05) is 13.0 Å². The van der Waals surface area contributed by atoms with Crippen molar-refractivity contribution in [2.24, 2.45) is 5.92 Å². The maximum Gasteiger partial charge on any atom is 0.156 e. The highest BCUT2D eigenvalue weighted by atomic mass is 16.5. The number of fused-ring (bicyclic) bond motifs is 1. The first-order chi connectivity index (χ1) is 10.7. The summed E-state index contributed by atoms with van der Waals surface area (Å²) in [4.78, 5) is 8.84. The Balaban J connectivity index is 1.52. The summed E-state index contributed by atoms with van der Waals surface area (Å²) in [5.74, 6) is 2.37. The maximum absolute atomic E-state index is 5.11. The van der Waals surface area contributed by atoms with Gasteiger partial charge >= 0.3 is 0 Å². The molecule has 116 valence electrons. The number of benzene rings is 1. The van der Waals surface area contributed by atoms with Gasteiger partial charge in [0.05, 0.1) is 0 Å². The molecule has 1 aromatic carbocycles. The molecule has 3 rings (SSSR count). The lowest BCUT2D eigenvalue weighted by atomic mass is 10.0. The van der Waals surface area contributed by atoms with Gasteiger partial charge in [-0.05, 0) is 43.2 Å². The van der Waals surface area contributed by atoms with Crippen molar-refractivity contribution < 1.29 is 4.74 Å². The average molecular weight is 297 g/mol. The summed E-state index contributed by atoms with van der Waals surface area (Å²) in [6.07, 6.45) is 3.57. The molecule has 4 heteroatoms. The number of aromatic nitrogens is 2. The van der Waals surface area contributed by atoms with Crippen molar-refractivity contribution in [3.63, 3.8) is 0 Å². The Morgan fingerprint density at radius 3 is 2.59 bits per heavy atom. The summed E-state index contributed by atoms with van der Waals surface area (Å²) in [6, 6.07) is 10.8. The Morgan fingerprint density at radius 1 is 1.18 bits per heavy atom. The van der Waals surface area contributed by atoms with Gasteiger partial charge in [0.1, 0.15) is 12.4 Å². The quantitative estimate of drug-likeness (QED) is 0.890. The molecule has 1 heterocycles. The minimum Gasteiger partial charge on any atom is -0.377 e. The van der Waals surface area contributed by atoms with Crippen molar-refractivity contribution in [3.8, 4) is 0 Å². The summed E-state index contributed by atoms with van der Waals surface area (Å²) in [5, 5.41) is 3.43. The summed E-state index contributed by atoms with van der Waals surface area (Å²) in [5.41, 5.74) is 4.01. The van der Waals surface area contributed by atoms with E-state index >= 15 is 0 Å². The number of hydrogen-bond acceptors (Lipinski definition) is 4. The molecule has 0 aliphatic heterocycles. The van der Waals surface area contributed by atoms with E-state index in [1.54, 1.807) is 7.11 Å². The predicted molar refractivity (Wildman–Crippen MR) is 87.9 cm³/mol. The van der Waals surface area contributed by atoms with Gasteiger partial charge in [-0.3, -0.25) is 0 Å². The van der Waals surface area contributed by atoms with Crippen molar-refractivity contribution in [1.29, 1.82) is 0 Å². The highest BCUT2D eigenvalue weighted by Crippen LogP contribution is 2.28. The zero-order valence-corrected chi connectivity index (χ0v) is 13.3. The number of rotatable bonds is 6. The van der Waals surface area contributed by atoms with Gasteiger partial charge in [0.25, 0.3) is 0 Å². The number of nitrogens with one attached hydrogen (secondary N) is 1. The molecule has 0 atom stereocenters. The van der Waals surface area contributed by atoms with E-state index in [-0.39, 0.29) is 0 Å². The second-order valence-electron chi connectivity index (χ2n) is 6.00. The molecule has 0 saturated carbocycles. The first-order valence-corrected chi connectivity index (χ1v) is 7.89. The van der Waals surface area contributed by atoms with Gasteiger partial charge in [-0.25, -0.2) is 9.97 Å². The molecule has 0 fully saturated rings. The second kappa shape index (κ2) is 6.88. The first-order valence-electron chi connectivity index (χ1n) is 7.89. The zero-order chi connectivity index (χ0) is 15.4. The highest BCUT2D eigenvalue weighted by Gasteiger charge is 2.20. The number of hydrogen-bond donors (Lipinski definition) is 1. The fraction of sp³-hybridized carbons (Fsp3) is 0.444. The Morgan fingerprint density at radius 2 is 1.91 bits per heavy atom. The normalized spacial score (nSPS) is 14.1. The third-order valence-electron chi connectivity index (χ3n) is 4.17. The van der Waals surface area contributed by atoms with Crippen LogP contribution in [-0.4, -0.2) is 23.6 Å². The van der Waals surface area contributed by atoms with Gasteiger partial charge < -0.3 is 10.1 Å². The van der Waals surface area contributed by atoms with Crippen LogP contribution in [0.25, 0.3) is 0 Å². The lowest BCUT2D eigenvalue weighted by Gasteiger charge is -2.11. The fourth-order valence-corrected chi connectivity index (χ4v) is 3.17. The molecule has 4 nitrogen and oxygen atoms in total. The van der Waals surface area contributed by atoms with Crippen LogP contribution in [0.5, 0.6) is 0 Å². The van der Waals surface area contributed by atoms with Crippen LogP contribution in [0, 0.1) is 12.8 Å². The number of ether oxygens (including phenoxy) is 1. The molecule has 1 aliphatic rings. The first kappa shape index (κ1) is 15.0. The largest absolute Gasteiger partial charge is 0.377 e. The SMILES string of the molecule is COCc1nc(C)cc(NCCC2Cc3ccccc3C2)n1. The summed E-state index contributed by atoms with van der Waals surface area (Å²) >= 11 is 0. The third kappa shape index (κ3) is 3.63. The minimum absolute atomic E-state index is 0.453. The number of methoxy groups -OCH3 is 1. The number of aryl methyl sites for hydroxylation is 1. The number of anilines is 1. The van der Waals surface area contributed by atoms with E-state index in [0.717, 1.165) is 36.2 Å². The predicted octanol–water partition coefficient (Wildman–Crippen LogP) is 3.15. The molecule has 0 bridgehead atoms. The highest BCUT2D eigenvalue weighted by molar-refractivity contribution is 5.36. The maximum atomic E-state index is 5.11. The van der Waals surface area contributed by atoms with Crippen LogP contribution in [0.2, 0.25) is 0 Å². The molecular formula is C18H23N3O. The van der Waals surface area contributed by atoms with E-state index in [1.165, 1.54) is 24.0 Å². The average Bonchev–Trinajstić information content (AvgIpc) is 2.89. The summed E-state index contributed by atoms with van der Waals surface area (Å²) in [7, 11) is 1.66. The van der Waals surface area contributed by atoms with Crippen molar-refractivity contribution in [1.82, 2.24) is 9.97 Å². The van der Waals surface area contributed by atoms with Crippen molar-refractivity contribution in [2.75, 3.05) is 19.0 Å². The molecule has 0 unspecified atom stereocenters. The second-order valence-corrected chi connectivity index (χ2v) is 6.00. The van der Waals surface area contributed by atoms with Crippen LogP contribution in [0.15, 0.2) is 30.3 Å². The minimum atomic E-state index is 0.453. The third-order valence-corrected chi connectivity index (χ3v) is 4.17. The lowest BCUT2D eigenvalue weighted by Crippen LogP contribution is -2.11.